The number of carbonyl (C=O) groups excluding carboxylic acids is 2. The number of fused-ring (bicyclic) bond motifs is 1. The molecule has 0 aliphatic rings. The van der Waals surface area contributed by atoms with Gasteiger partial charge in [0.2, 0.25) is 0 Å². The first-order valence-corrected chi connectivity index (χ1v) is 11.4. The number of hydrogen-bond acceptors (Lipinski definition) is 5. The molecule has 1 heterocycles. The lowest BCUT2D eigenvalue weighted by Gasteiger charge is -2.22. The van der Waals surface area contributed by atoms with Gasteiger partial charge in [0.05, 0.1) is 23.9 Å². The van der Waals surface area contributed by atoms with E-state index in [-0.39, 0.29) is 17.2 Å². The van der Waals surface area contributed by atoms with Gasteiger partial charge in [0.15, 0.2) is 0 Å². The minimum Gasteiger partial charge on any atom is -0.496 e. The quantitative estimate of drug-likeness (QED) is 0.432. The van der Waals surface area contributed by atoms with Gasteiger partial charge in [-0.05, 0) is 57.4 Å². The zero-order chi connectivity index (χ0) is 24.0. The molecule has 0 radical (unpaired) electrons. The van der Waals surface area contributed by atoms with Crippen molar-refractivity contribution < 1.29 is 14.3 Å². The van der Waals surface area contributed by atoms with Crippen molar-refractivity contribution in [3.05, 3.63) is 59.8 Å². The van der Waals surface area contributed by atoms with Gasteiger partial charge in [-0.25, -0.2) is 0 Å². The van der Waals surface area contributed by atoms with E-state index in [1.165, 1.54) is 0 Å². The Labute approximate surface area is 195 Å². The van der Waals surface area contributed by atoms with Crippen LogP contribution >= 0.6 is 0 Å². The van der Waals surface area contributed by atoms with Crippen molar-refractivity contribution in [2.24, 2.45) is 0 Å². The molecule has 6 heteroatoms. The van der Waals surface area contributed by atoms with Crippen LogP contribution in [0.4, 0.5) is 11.4 Å². The van der Waals surface area contributed by atoms with Crippen molar-refractivity contribution in [2.45, 2.75) is 58.9 Å². The molecule has 2 N–H and O–H groups in total. The lowest BCUT2D eigenvalue weighted by atomic mass is 9.99. The van der Waals surface area contributed by atoms with Crippen molar-refractivity contribution in [3.63, 3.8) is 0 Å². The van der Waals surface area contributed by atoms with Crippen LogP contribution in [0.1, 0.15) is 62.9 Å². The van der Waals surface area contributed by atoms with E-state index >= 15 is 0 Å². The Hall–Kier alpha value is -3.41. The molecular formula is C27H33N3O3. The molecule has 3 aromatic rings. The summed E-state index contributed by atoms with van der Waals surface area (Å²) in [6, 6.07) is 13.6. The number of nitrogens with one attached hydrogen (secondary N) is 2. The van der Waals surface area contributed by atoms with Crippen LogP contribution in [0, 0.1) is 0 Å². The predicted octanol–water partition coefficient (Wildman–Crippen LogP) is 5.82. The number of ketones is 1. The number of Topliss-reactive ketones (excluding diaryl/α,β-unsaturated/α-hetero) is 1. The summed E-state index contributed by atoms with van der Waals surface area (Å²) in [7, 11) is 1.62. The highest BCUT2D eigenvalue weighted by molar-refractivity contribution is 6.08. The summed E-state index contributed by atoms with van der Waals surface area (Å²) >= 11 is 0. The summed E-state index contributed by atoms with van der Waals surface area (Å²) in [6.45, 7) is 7.84. The molecule has 3 rings (SSSR count). The van der Waals surface area contributed by atoms with Gasteiger partial charge in [-0.2, -0.15) is 0 Å². The van der Waals surface area contributed by atoms with Gasteiger partial charge in [-0.3, -0.25) is 14.6 Å². The molecule has 0 aliphatic carbocycles. The van der Waals surface area contributed by atoms with Crippen LogP contribution in [0.3, 0.4) is 0 Å². The summed E-state index contributed by atoms with van der Waals surface area (Å²) < 4.78 is 5.60. The largest absolute Gasteiger partial charge is 0.496 e. The fraction of sp³-hybridized carbons (Fsp3) is 0.370. The molecular weight excluding hydrogens is 414 g/mol. The smallest absolute Gasteiger partial charge is 0.255 e. The van der Waals surface area contributed by atoms with E-state index in [2.05, 4.69) is 15.6 Å². The van der Waals surface area contributed by atoms with E-state index in [1.807, 2.05) is 70.2 Å². The highest BCUT2D eigenvalue weighted by Crippen LogP contribution is 2.34. The number of rotatable bonds is 9. The van der Waals surface area contributed by atoms with Gasteiger partial charge in [0.25, 0.3) is 5.91 Å². The number of methoxy groups -OCH3 is 1. The first kappa shape index (κ1) is 24.2. The molecule has 6 nitrogen and oxygen atoms in total. The maximum atomic E-state index is 13.1. The van der Waals surface area contributed by atoms with Crippen LogP contribution in [-0.4, -0.2) is 29.3 Å². The Balaban J connectivity index is 2.13. The van der Waals surface area contributed by atoms with Crippen molar-refractivity contribution in [1.82, 2.24) is 10.3 Å². The first-order valence-electron chi connectivity index (χ1n) is 11.4. The van der Waals surface area contributed by atoms with Gasteiger partial charge < -0.3 is 15.4 Å². The fourth-order valence-corrected chi connectivity index (χ4v) is 3.71. The summed E-state index contributed by atoms with van der Waals surface area (Å²) in [4.78, 5) is 29.9. The molecule has 0 atom stereocenters. The Bertz CT molecular complexity index is 1130. The number of benzene rings is 2. The number of pyridine rings is 1. The van der Waals surface area contributed by atoms with Crippen molar-refractivity contribution in [1.29, 1.82) is 0 Å². The number of para-hydroxylation sites is 1. The maximum Gasteiger partial charge on any atom is 0.255 e. The summed E-state index contributed by atoms with van der Waals surface area (Å²) in [5.74, 6) is 0.724. The molecule has 0 saturated heterocycles. The maximum absolute atomic E-state index is 13.1. The zero-order valence-electron chi connectivity index (χ0n) is 20.1. The third-order valence-electron chi connectivity index (χ3n) is 5.25. The second-order valence-electron chi connectivity index (χ2n) is 9.21. The van der Waals surface area contributed by atoms with E-state index in [0.29, 0.717) is 41.8 Å². The molecule has 0 saturated carbocycles. The second kappa shape index (κ2) is 10.5. The number of anilines is 2. The van der Waals surface area contributed by atoms with Crippen LogP contribution in [-0.2, 0) is 11.2 Å². The highest BCUT2D eigenvalue weighted by atomic mass is 16.5. The van der Waals surface area contributed by atoms with Crippen molar-refractivity contribution >= 4 is 34.0 Å². The van der Waals surface area contributed by atoms with Gasteiger partial charge in [-0.1, -0.05) is 25.1 Å². The van der Waals surface area contributed by atoms with Gasteiger partial charge in [0.1, 0.15) is 11.5 Å². The summed E-state index contributed by atoms with van der Waals surface area (Å²) in [5.41, 5.74) is 3.24. The molecule has 33 heavy (non-hydrogen) atoms. The Morgan fingerprint density at radius 2 is 1.79 bits per heavy atom. The lowest BCUT2D eigenvalue weighted by Crippen LogP contribution is -2.40. The fourth-order valence-electron chi connectivity index (χ4n) is 3.71. The number of aromatic nitrogens is 1. The average molecular weight is 448 g/mol. The number of carbonyl (C=O) groups is 2. The molecule has 1 amide bonds. The molecule has 0 fully saturated rings. The molecule has 0 aliphatic heterocycles. The van der Waals surface area contributed by atoms with Crippen LogP contribution in [0.2, 0.25) is 0 Å². The van der Waals surface area contributed by atoms with E-state index in [0.717, 1.165) is 23.1 Å². The molecule has 2 aromatic carbocycles. The van der Waals surface area contributed by atoms with Crippen LogP contribution in [0.5, 0.6) is 5.75 Å². The third-order valence-corrected chi connectivity index (χ3v) is 5.25. The zero-order valence-corrected chi connectivity index (χ0v) is 20.1. The predicted molar refractivity (Wildman–Crippen MR) is 133 cm³/mol. The van der Waals surface area contributed by atoms with E-state index in [9.17, 15) is 9.59 Å². The highest BCUT2D eigenvalue weighted by Gasteiger charge is 2.21. The molecule has 174 valence electrons. The topological polar surface area (TPSA) is 80.3 Å². The standard InChI is InChI=1S/C27H33N3O3/c1-6-10-20(31)14-13-18-15-21-23(16-24(18)33-5)28-17-22(26(32)30-27(2,3)4)25(21)29-19-11-8-7-9-12-19/h7-9,11-12,15-17H,6,10,13-14H2,1-5H3,(H,28,29)(H,30,32). The number of nitrogens with zero attached hydrogens (tertiary/aromatic N) is 1. The Kier molecular flexibility index (Phi) is 7.69. The van der Waals surface area contributed by atoms with E-state index in [4.69, 9.17) is 4.74 Å². The third kappa shape index (κ3) is 6.31. The Morgan fingerprint density at radius 3 is 2.42 bits per heavy atom. The van der Waals surface area contributed by atoms with Gasteiger partial charge >= 0.3 is 0 Å². The monoisotopic (exact) mass is 447 g/mol. The SMILES string of the molecule is CCCC(=O)CCc1cc2c(Nc3ccccc3)c(C(=O)NC(C)(C)C)cnc2cc1OC. The number of amides is 1. The van der Waals surface area contributed by atoms with Gasteiger partial charge in [0, 0.05) is 41.7 Å². The minimum absolute atomic E-state index is 0.203. The number of ether oxygens (including phenoxy) is 1. The minimum atomic E-state index is -0.388. The molecule has 0 unspecified atom stereocenters. The molecule has 0 bridgehead atoms. The Morgan fingerprint density at radius 1 is 1.06 bits per heavy atom. The second-order valence-corrected chi connectivity index (χ2v) is 9.21. The van der Waals surface area contributed by atoms with Crippen molar-refractivity contribution in [3.8, 4) is 5.75 Å². The normalized spacial score (nSPS) is 11.3. The van der Waals surface area contributed by atoms with Crippen LogP contribution in [0.25, 0.3) is 10.9 Å². The van der Waals surface area contributed by atoms with Crippen LogP contribution < -0.4 is 15.4 Å². The number of hydrogen-bond donors (Lipinski definition) is 2. The van der Waals surface area contributed by atoms with Crippen molar-refractivity contribution in [2.75, 3.05) is 12.4 Å². The van der Waals surface area contributed by atoms with E-state index in [1.54, 1.807) is 13.3 Å². The summed E-state index contributed by atoms with van der Waals surface area (Å²) in [6.07, 6.45) is 4.04. The summed E-state index contributed by atoms with van der Waals surface area (Å²) in [5, 5.41) is 7.26. The van der Waals surface area contributed by atoms with Gasteiger partial charge in [-0.15, -0.1) is 0 Å². The van der Waals surface area contributed by atoms with Crippen LogP contribution in [0.15, 0.2) is 48.7 Å². The molecule has 1 aromatic heterocycles. The molecule has 0 spiro atoms. The number of aryl methyl sites for hydroxylation is 1. The first-order chi connectivity index (χ1) is 15.7. The average Bonchev–Trinajstić information content (AvgIpc) is 2.77. The lowest BCUT2D eigenvalue weighted by molar-refractivity contribution is -0.119. The van der Waals surface area contributed by atoms with E-state index < -0.39 is 0 Å².